The van der Waals surface area contributed by atoms with E-state index in [-0.39, 0.29) is 5.91 Å². The highest BCUT2D eigenvalue weighted by Gasteiger charge is 2.18. The van der Waals surface area contributed by atoms with Crippen LogP contribution < -0.4 is 10.2 Å². The third-order valence-corrected chi connectivity index (χ3v) is 6.84. The fourth-order valence-corrected chi connectivity index (χ4v) is 5.06. The van der Waals surface area contributed by atoms with Crippen molar-refractivity contribution in [1.29, 1.82) is 0 Å². The number of carbonyl (C=O) groups is 1. The average molecular weight is 480 g/mol. The smallest absolute Gasteiger partial charge is 0.224 e. The van der Waals surface area contributed by atoms with Crippen molar-refractivity contribution < 1.29 is 4.79 Å². The maximum absolute atomic E-state index is 12.0. The van der Waals surface area contributed by atoms with Gasteiger partial charge in [0.2, 0.25) is 5.91 Å². The van der Waals surface area contributed by atoms with Gasteiger partial charge in [0, 0.05) is 53.2 Å². The van der Waals surface area contributed by atoms with Gasteiger partial charge in [-0.1, -0.05) is 13.0 Å². The minimum absolute atomic E-state index is 0.0142. The number of rotatable bonds is 6. The summed E-state index contributed by atoms with van der Waals surface area (Å²) in [6, 6.07) is 12.6. The molecule has 1 aliphatic heterocycles. The third kappa shape index (κ3) is 4.19. The van der Waals surface area contributed by atoms with E-state index in [0.717, 1.165) is 58.6 Å². The van der Waals surface area contributed by atoms with E-state index in [1.807, 2.05) is 19.1 Å². The molecule has 1 aromatic carbocycles. The van der Waals surface area contributed by atoms with E-state index >= 15 is 0 Å². The fraction of sp³-hybridized carbons (Fsp3) is 0.286. The zero-order valence-corrected chi connectivity index (χ0v) is 20.3. The number of aromatic amines is 2. The monoisotopic (exact) mass is 479 g/mol. The van der Waals surface area contributed by atoms with Crippen LogP contribution in [0, 0.1) is 0 Å². The molecular formula is C28H29N7O. The van der Waals surface area contributed by atoms with E-state index in [1.54, 1.807) is 18.6 Å². The Morgan fingerprint density at radius 2 is 1.92 bits per heavy atom. The maximum atomic E-state index is 12.0. The number of anilines is 2. The minimum Gasteiger partial charge on any atom is -0.371 e. The van der Waals surface area contributed by atoms with Crippen molar-refractivity contribution in [3.05, 3.63) is 55.0 Å². The van der Waals surface area contributed by atoms with Crippen molar-refractivity contribution in [3.8, 4) is 22.6 Å². The summed E-state index contributed by atoms with van der Waals surface area (Å²) in [5.74, 6) is -0.0142. The second-order valence-corrected chi connectivity index (χ2v) is 9.42. The Labute approximate surface area is 209 Å². The fourth-order valence-electron chi connectivity index (χ4n) is 5.06. The summed E-state index contributed by atoms with van der Waals surface area (Å²) in [7, 11) is 0. The van der Waals surface area contributed by atoms with Gasteiger partial charge in [-0.2, -0.15) is 5.10 Å². The van der Waals surface area contributed by atoms with Crippen molar-refractivity contribution >= 4 is 39.1 Å². The molecule has 0 bridgehead atoms. The SMILES string of the molecule is CCCC(=O)Nc1cncc(-c2cc3c(-c4cc5c(N6CCCCC6)cccc5[nH]4)n[nH]c3cn2)c1. The van der Waals surface area contributed by atoms with Gasteiger partial charge in [0.25, 0.3) is 0 Å². The molecule has 5 heterocycles. The summed E-state index contributed by atoms with van der Waals surface area (Å²) in [4.78, 5) is 27.0. The molecule has 0 unspecified atom stereocenters. The summed E-state index contributed by atoms with van der Waals surface area (Å²) in [6.45, 7) is 4.19. The summed E-state index contributed by atoms with van der Waals surface area (Å²) in [5.41, 5.74) is 7.36. The molecule has 6 rings (SSSR count). The lowest BCUT2D eigenvalue weighted by atomic mass is 10.1. The predicted molar refractivity (Wildman–Crippen MR) is 144 cm³/mol. The molecular weight excluding hydrogens is 450 g/mol. The van der Waals surface area contributed by atoms with Crippen molar-refractivity contribution in [2.45, 2.75) is 39.0 Å². The number of piperidine rings is 1. The van der Waals surface area contributed by atoms with Crippen molar-refractivity contribution in [1.82, 2.24) is 25.1 Å². The number of carbonyl (C=O) groups excluding carboxylic acids is 1. The normalized spacial score (nSPS) is 14.0. The number of hydrogen-bond donors (Lipinski definition) is 3. The first-order valence-electron chi connectivity index (χ1n) is 12.7. The van der Waals surface area contributed by atoms with Gasteiger partial charge in [0.05, 0.1) is 35.0 Å². The molecule has 8 nitrogen and oxygen atoms in total. The van der Waals surface area contributed by atoms with Crippen LogP contribution in [-0.2, 0) is 4.79 Å². The number of benzene rings is 1. The topological polar surface area (TPSA) is 103 Å². The largest absolute Gasteiger partial charge is 0.371 e. The molecule has 0 aliphatic carbocycles. The predicted octanol–water partition coefficient (Wildman–Crippen LogP) is 5.90. The van der Waals surface area contributed by atoms with Crippen molar-refractivity contribution in [2.24, 2.45) is 0 Å². The standard InChI is InChI=1S/C28H29N7O/c1-2-7-27(36)31-19-12-18(15-29-16-19)23-14-21-25(17-30-23)33-34-28(21)24-13-20-22(32-24)8-6-9-26(20)35-10-4-3-5-11-35/h6,8-9,12-17,32H,2-5,7,10-11H2,1H3,(H,31,36)(H,33,34). The number of fused-ring (bicyclic) bond motifs is 2. The van der Waals surface area contributed by atoms with Crippen LogP contribution in [0.15, 0.2) is 55.0 Å². The lowest BCUT2D eigenvalue weighted by Gasteiger charge is -2.29. The van der Waals surface area contributed by atoms with Gasteiger partial charge in [-0.25, -0.2) is 0 Å². The molecule has 0 saturated carbocycles. The van der Waals surface area contributed by atoms with Crippen LogP contribution in [0.25, 0.3) is 44.5 Å². The number of aromatic nitrogens is 5. The second-order valence-electron chi connectivity index (χ2n) is 9.42. The Hall–Kier alpha value is -4.20. The number of H-pyrrole nitrogens is 2. The first kappa shape index (κ1) is 22.3. The summed E-state index contributed by atoms with van der Waals surface area (Å²) < 4.78 is 0. The molecule has 0 atom stereocenters. The summed E-state index contributed by atoms with van der Waals surface area (Å²) in [5, 5.41) is 12.9. The first-order chi connectivity index (χ1) is 17.7. The van der Waals surface area contributed by atoms with Crippen LogP contribution in [0.3, 0.4) is 0 Å². The van der Waals surface area contributed by atoms with Crippen LogP contribution >= 0.6 is 0 Å². The molecule has 1 aliphatic rings. The van der Waals surface area contributed by atoms with Gasteiger partial charge in [0.1, 0.15) is 5.69 Å². The Morgan fingerprint density at radius 1 is 1.03 bits per heavy atom. The summed E-state index contributed by atoms with van der Waals surface area (Å²) in [6.07, 6.45) is 10.3. The van der Waals surface area contributed by atoms with Crippen LogP contribution in [0.2, 0.25) is 0 Å². The number of nitrogens with one attached hydrogen (secondary N) is 3. The van der Waals surface area contributed by atoms with Crippen LogP contribution in [-0.4, -0.2) is 44.1 Å². The van der Waals surface area contributed by atoms with Crippen LogP contribution in [0.5, 0.6) is 0 Å². The Bertz CT molecular complexity index is 1540. The van der Waals surface area contributed by atoms with Gasteiger partial charge >= 0.3 is 0 Å². The van der Waals surface area contributed by atoms with Gasteiger partial charge < -0.3 is 15.2 Å². The number of nitrogens with zero attached hydrogens (tertiary/aromatic N) is 4. The summed E-state index contributed by atoms with van der Waals surface area (Å²) >= 11 is 0. The number of pyridine rings is 2. The van der Waals surface area contributed by atoms with E-state index in [4.69, 9.17) is 0 Å². The van der Waals surface area contributed by atoms with Gasteiger partial charge in [0.15, 0.2) is 0 Å². The molecule has 0 radical (unpaired) electrons. The van der Waals surface area contributed by atoms with Crippen molar-refractivity contribution in [2.75, 3.05) is 23.3 Å². The van der Waals surface area contributed by atoms with Crippen molar-refractivity contribution in [3.63, 3.8) is 0 Å². The molecule has 1 saturated heterocycles. The Balaban J connectivity index is 1.37. The quantitative estimate of drug-likeness (QED) is 0.281. The highest BCUT2D eigenvalue weighted by Crippen LogP contribution is 2.35. The highest BCUT2D eigenvalue weighted by molar-refractivity contribution is 6.00. The van der Waals surface area contributed by atoms with E-state index in [1.165, 1.54) is 30.3 Å². The molecule has 8 heteroatoms. The van der Waals surface area contributed by atoms with Crippen LogP contribution in [0.4, 0.5) is 11.4 Å². The first-order valence-corrected chi connectivity index (χ1v) is 12.7. The van der Waals surface area contributed by atoms with Gasteiger partial charge in [-0.15, -0.1) is 0 Å². The number of hydrogen-bond acceptors (Lipinski definition) is 5. The van der Waals surface area contributed by atoms with E-state index < -0.39 is 0 Å². The zero-order chi connectivity index (χ0) is 24.5. The Kier molecular flexibility index (Phi) is 5.85. The molecule has 5 aromatic rings. The molecule has 4 aromatic heterocycles. The number of amides is 1. The molecule has 0 spiro atoms. The molecule has 1 amide bonds. The lowest BCUT2D eigenvalue weighted by molar-refractivity contribution is -0.116. The van der Waals surface area contributed by atoms with E-state index in [9.17, 15) is 4.79 Å². The van der Waals surface area contributed by atoms with E-state index in [2.05, 4.69) is 59.6 Å². The van der Waals surface area contributed by atoms with Gasteiger partial charge in [-0.05, 0) is 56.0 Å². The highest BCUT2D eigenvalue weighted by atomic mass is 16.1. The lowest BCUT2D eigenvalue weighted by Crippen LogP contribution is -2.29. The van der Waals surface area contributed by atoms with E-state index in [0.29, 0.717) is 12.1 Å². The Morgan fingerprint density at radius 3 is 2.78 bits per heavy atom. The van der Waals surface area contributed by atoms with Crippen LogP contribution in [0.1, 0.15) is 39.0 Å². The zero-order valence-electron chi connectivity index (χ0n) is 20.3. The minimum atomic E-state index is -0.0142. The molecule has 182 valence electrons. The molecule has 36 heavy (non-hydrogen) atoms. The maximum Gasteiger partial charge on any atom is 0.224 e. The second kappa shape index (κ2) is 9.45. The molecule has 3 N–H and O–H groups in total. The van der Waals surface area contributed by atoms with Gasteiger partial charge in [-0.3, -0.25) is 19.9 Å². The third-order valence-electron chi connectivity index (χ3n) is 6.84. The average Bonchev–Trinajstić information content (AvgIpc) is 3.53. The molecule has 1 fully saturated rings.